The van der Waals surface area contributed by atoms with Gasteiger partial charge in [0.25, 0.3) is 0 Å². The Hall–Kier alpha value is -2.25. The van der Waals surface area contributed by atoms with E-state index in [0.29, 0.717) is 18.4 Å². The topological polar surface area (TPSA) is 69.6 Å². The van der Waals surface area contributed by atoms with Crippen molar-refractivity contribution in [3.05, 3.63) is 42.0 Å². The van der Waals surface area contributed by atoms with Gasteiger partial charge in [-0.2, -0.15) is 0 Å². The van der Waals surface area contributed by atoms with Crippen LogP contribution in [0.3, 0.4) is 0 Å². The lowest BCUT2D eigenvalue weighted by molar-refractivity contribution is -0.188. The third-order valence-corrected chi connectivity index (χ3v) is 4.93. The van der Waals surface area contributed by atoms with Crippen molar-refractivity contribution in [2.75, 3.05) is 26.8 Å². The van der Waals surface area contributed by atoms with Gasteiger partial charge in [0.05, 0.1) is 31.2 Å². The minimum Gasteiger partial charge on any atom is -0.481 e. The van der Waals surface area contributed by atoms with Crippen molar-refractivity contribution < 1.29 is 14.2 Å². The SMILES string of the molecule is COc1ncccc1CN1CC2(C[C@H](Oc3cncc(C)n3)CCO2)C1. The fraction of sp³-hybridized carbons (Fsp3) is 0.526. The Balaban J connectivity index is 1.34. The van der Waals surface area contributed by atoms with Crippen LogP contribution in [0, 0.1) is 6.92 Å². The van der Waals surface area contributed by atoms with Crippen LogP contribution in [0.5, 0.6) is 11.8 Å². The second-order valence-electron chi connectivity index (χ2n) is 7.08. The molecule has 2 aromatic rings. The smallest absolute Gasteiger partial charge is 0.232 e. The van der Waals surface area contributed by atoms with Crippen molar-refractivity contribution in [2.45, 2.75) is 38.0 Å². The van der Waals surface area contributed by atoms with E-state index in [0.717, 1.165) is 43.7 Å². The Bertz CT molecular complexity index is 764. The zero-order chi connectivity index (χ0) is 18.0. The maximum Gasteiger partial charge on any atom is 0.232 e. The van der Waals surface area contributed by atoms with Gasteiger partial charge in [-0.15, -0.1) is 0 Å². The summed E-state index contributed by atoms with van der Waals surface area (Å²) >= 11 is 0. The molecular weight excluding hydrogens is 332 g/mol. The summed E-state index contributed by atoms with van der Waals surface area (Å²) < 4.78 is 17.5. The first kappa shape index (κ1) is 17.2. The summed E-state index contributed by atoms with van der Waals surface area (Å²) in [6, 6.07) is 4.00. The Labute approximate surface area is 153 Å². The largest absolute Gasteiger partial charge is 0.481 e. The third kappa shape index (κ3) is 3.64. The number of hydrogen-bond donors (Lipinski definition) is 0. The van der Waals surface area contributed by atoms with Gasteiger partial charge in [-0.1, -0.05) is 6.07 Å². The molecule has 2 aliphatic heterocycles. The van der Waals surface area contributed by atoms with Crippen LogP contribution in [-0.4, -0.2) is 58.4 Å². The molecule has 0 saturated carbocycles. The molecule has 0 aromatic carbocycles. The van der Waals surface area contributed by atoms with Crippen LogP contribution in [0.4, 0.5) is 0 Å². The Kier molecular flexibility index (Phi) is 4.74. The normalized spacial score (nSPS) is 22.0. The average Bonchev–Trinajstić information content (AvgIpc) is 2.61. The summed E-state index contributed by atoms with van der Waals surface area (Å²) in [7, 11) is 1.66. The predicted molar refractivity (Wildman–Crippen MR) is 95.2 cm³/mol. The summed E-state index contributed by atoms with van der Waals surface area (Å²) in [5.41, 5.74) is 1.85. The number of aromatic nitrogens is 3. The fourth-order valence-electron chi connectivity index (χ4n) is 3.82. The highest BCUT2D eigenvalue weighted by atomic mass is 16.5. The Morgan fingerprint density at radius 2 is 2.23 bits per heavy atom. The average molecular weight is 356 g/mol. The molecule has 2 aromatic heterocycles. The number of ether oxygens (including phenoxy) is 3. The predicted octanol–water partition coefficient (Wildman–Crippen LogP) is 2.00. The van der Waals surface area contributed by atoms with Crippen LogP contribution < -0.4 is 9.47 Å². The van der Waals surface area contributed by atoms with Crippen LogP contribution in [0.25, 0.3) is 0 Å². The molecule has 4 rings (SSSR count). The lowest BCUT2D eigenvalue weighted by atomic mass is 9.84. The van der Waals surface area contributed by atoms with E-state index in [-0.39, 0.29) is 11.7 Å². The van der Waals surface area contributed by atoms with Gasteiger partial charge < -0.3 is 14.2 Å². The highest BCUT2D eigenvalue weighted by Gasteiger charge is 2.48. The Morgan fingerprint density at radius 1 is 1.35 bits per heavy atom. The van der Waals surface area contributed by atoms with Gasteiger partial charge in [0.2, 0.25) is 11.8 Å². The van der Waals surface area contributed by atoms with Crippen LogP contribution in [0.1, 0.15) is 24.1 Å². The van der Waals surface area contributed by atoms with Crippen LogP contribution in [-0.2, 0) is 11.3 Å². The molecule has 2 aliphatic rings. The number of rotatable bonds is 5. The van der Waals surface area contributed by atoms with Crippen LogP contribution in [0.15, 0.2) is 30.7 Å². The minimum atomic E-state index is -0.115. The van der Waals surface area contributed by atoms with E-state index in [1.807, 2.05) is 13.0 Å². The van der Waals surface area contributed by atoms with E-state index in [1.165, 1.54) is 0 Å². The fourth-order valence-corrected chi connectivity index (χ4v) is 3.82. The lowest BCUT2D eigenvalue weighted by Gasteiger charge is -2.53. The van der Waals surface area contributed by atoms with E-state index >= 15 is 0 Å². The van der Waals surface area contributed by atoms with Gasteiger partial charge in [-0.3, -0.25) is 9.88 Å². The number of pyridine rings is 1. The second kappa shape index (κ2) is 7.17. The van der Waals surface area contributed by atoms with Gasteiger partial charge >= 0.3 is 0 Å². The Morgan fingerprint density at radius 3 is 3.04 bits per heavy atom. The van der Waals surface area contributed by atoms with Crippen LogP contribution >= 0.6 is 0 Å². The molecule has 0 N–H and O–H groups in total. The highest BCUT2D eigenvalue weighted by Crippen LogP contribution is 2.36. The first-order chi connectivity index (χ1) is 12.7. The molecule has 0 amide bonds. The van der Waals surface area contributed by atoms with Crippen molar-refractivity contribution in [1.82, 2.24) is 19.9 Å². The molecule has 138 valence electrons. The number of hydrogen-bond acceptors (Lipinski definition) is 7. The monoisotopic (exact) mass is 356 g/mol. The summed E-state index contributed by atoms with van der Waals surface area (Å²) in [5.74, 6) is 1.29. The first-order valence-electron chi connectivity index (χ1n) is 8.95. The number of aryl methyl sites for hydroxylation is 1. The van der Waals surface area contributed by atoms with E-state index in [4.69, 9.17) is 14.2 Å². The molecule has 2 fully saturated rings. The summed E-state index contributed by atoms with van der Waals surface area (Å²) in [6.07, 6.45) is 7.04. The standard InChI is InChI=1S/C19H24N4O3/c1-14-9-20-10-17(22-14)26-16-5-7-25-19(8-16)12-23(13-19)11-15-4-3-6-21-18(15)24-2/h3-4,6,9-10,16H,5,7-8,11-13H2,1-2H3/t16-/m1/s1. The quantitative estimate of drug-likeness (QED) is 0.811. The molecule has 26 heavy (non-hydrogen) atoms. The molecule has 1 atom stereocenters. The maximum absolute atomic E-state index is 6.11. The zero-order valence-corrected chi connectivity index (χ0v) is 15.2. The van der Waals surface area contributed by atoms with Gasteiger partial charge in [0.15, 0.2) is 0 Å². The van der Waals surface area contributed by atoms with Crippen molar-refractivity contribution in [3.8, 4) is 11.8 Å². The zero-order valence-electron chi connectivity index (χ0n) is 15.2. The minimum absolute atomic E-state index is 0.115. The molecule has 2 saturated heterocycles. The van der Waals surface area contributed by atoms with Gasteiger partial charge in [0, 0.05) is 50.4 Å². The summed E-state index contributed by atoms with van der Waals surface area (Å²) in [6.45, 7) is 5.24. The van der Waals surface area contributed by atoms with E-state index in [1.54, 1.807) is 25.7 Å². The number of likely N-dealkylation sites (tertiary alicyclic amines) is 1. The first-order valence-corrected chi connectivity index (χ1v) is 8.95. The molecule has 0 unspecified atom stereocenters. The number of nitrogens with zero attached hydrogens (tertiary/aromatic N) is 4. The molecule has 0 aliphatic carbocycles. The molecular formula is C19H24N4O3. The molecule has 0 bridgehead atoms. The van der Waals surface area contributed by atoms with Crippen molar-refractivity contribution in [1.29, 1.82) is 0 Å². The van der Waals surface area contributed by atoms with Crippen molar-refractivity contribution in [2.24, 2.45) is 0 Å². The summed E-state index contributed by atoms with van der Waals surface area (Å²) in [4.78, 5) is 15.2. The van der Waals surface area contributed by atoms with E-state index in [2.05, 4.69) is 25.9 Å². The molecule has 1 spiro atoms. The molecule has 7 heteroatoms. The lowest BCUT2D eigenvalue weighted by Crippen LogP contribution is -2.65. The highest BCUT2D eigenvalue weighted by molar-refractivity contribution is 5.26. The molecule has 7 nitrogen and oxygen atoms in total. The van der Waals surface area contributed by atoms with Gasteiger partial charge in [-0.25, -0.2) is 9.97 Å². The molecule has 4 heterocycles. The van der Waals surface area contributed by atoms with E-state index < -0.39 is 0 Å². The van der Waals surface area contributed by atoms with Gasteiger partial charge in [0.1, 0.15) is 6.10 Å². The second-order valence-corrected chi connectivity index (χ2v) is 7.08. The third-order valence-electron chi connectivity index (χ3n) is 4.93. The molecule has 0 radical (unpaired) electrons. The van der Waals surface area contributed by atoms with Crippen LogP contribution in [0.2, 0.25) is 0 Å². The van der Waals surface area contributed by atoms with E-state index in [9.17, 15) is 0 Å². The number of methoxy groups -OCH3 is 1. The van der Waals surface area contributed by atoms with Gasteiger partial charge in [-0.05, 0) is 13.0 Å². The van der Waals surface area contributed by atoms with Crippen molar-refractivity contribution >= 4 is 0 Å². The summed E-state index contributed by atoms with van der Waals surface area (Å²) in [5, 5.41) is 0. The van der Waals surface area contributed by atoms with Crippen molar-refractivity contribution in [3.63, 3.8) is 0 Å². The maximum atomic E-state index is 6.11.